The van der Waals surface area contributed by atoms with Crippen LogP contribution in [0.1, 0.15) is 45.4 Å². The lowest BCUT2D eigenvalue weighted by Gasteiger charge is -2.60. The van der Waals surface area contributed by atoms with Gasteiger partial charge in [-0.05, 0) is 56.3 Å². The highest BCUT2D eigenvalue weighted by Gasteiger charge is 2.54. The summed E-state index contributed by atoms with van der Waals surface area (Å²) in [6.07, 6.45) is 7.92. The molecule has 4 saturated carbocycles. The number of nitrogens with zero attached hydrogens (tertiary/aromatic N) is 1. The number of hydrogen-bond acceptors (Lipinski definition) is 2. The van der Waals surface area contributed by atoms with Crippen LogP contribution in [-0.2, 0) is 9.53 Å². The second-order valence-electron chi connectivity index (χ2n) is 6.51. The average molecular weight is 237 g/mol. The van der Waals surface area contributed by atoms with Crippen LogP contribution in [0.2, 0.25) is 0 Å². The number of methoxy groups -OCH3 is 1. The van der Waals surface area contributed by atoms with Gasteiger partial charge >= 0.3 is 0 Å². The van der Waals surface area contributed by atoms with Gasteiger partial charge in [0.2, 0.25) is 5.91 Å². The van der Waals surface area contributed by atoms with Gasteiger partial charge in [-0.25, -0.2) is 0 Å². The Hall–Kier alpha value is -0.570. The molecule has 0 N–H and O–H groups in total. The molecule has 0 aromatic heterocycles. The zero-order valence-electron chi connectivity index (χ0n) is 10.9. The normalized spacial score (nSPS) is 42.8. The maximum Gasteiger partial charge on any atom is 0.221 e. The molecule has 0 aromatic carbocycles. The van der Waals surface area contributed by atoms with Crippen molar-refractivity contribution in [3.05, 3.63) is 0 Å². The Bertz CT molecular complexity index is 291. The van der Waals surface area contributed by atoms with Crippen LogP contribution >= 0.6 is 0 Å². The highest BCUT2D eigenvalue weighted by Crippen LogP contribution is 2.57. The Morgan fingerprint density at radius 3 is 2.00 bits per heavy atom. The van der Waals surface area contributed by atoms with Crippen molar-refractivity contribution in [2.45, 2.75) is 51.0 Å². The van der Waals surface area contributed by atoms with E-state index in [1.807, 2.05) is 4.90 Å². The van der Waals surface area contributed by atoms with Gasteiger partial charge in [0.15, 0.2) is 0 Å². The molecule has 4 fully saturated rings. The van der Waals surface area contributed by atoms with E-state index in [4.69, 9.17) is 4.74 Å². The summed E-state index contributed by atoms with van der Waals surface area (Å²) in [6, 6.07) is 0. The van der Waals surface area contributed by atoms with Crippen molar-refractivity contribution in [2.24, 2.45) is 17.8 Å². The molecule has 4 rings (SSSR count). The minimum atomic E-state index is 0.149. The van der Waals surface area contributed by atoms with Crippen LogP contribution in [-0.4, -0.2) is 30.2 Å². The zero-order chi connectivity index (χ0) is 12.0. The van der Waals surface area contributed by atoms with Crippen LogP contribution in [0, 0.1) is 17.8 Å². The van der Waals surface area contributed by atoms with E-state index in [-0.39, 0.29) is 11.4 Å². The zero-order valence-corrected chi connectivity index (χ0v) is 10.9. The Balaban J connectivity index is 1.87. The fourth-order valence-corrected chi connectivity index (χ4v) is 5.09. The fraction of sp³-hybridized carbons (Fsp3) is 0.929. The first kappa shape index (κ1) is 11.5. The third-order valence-electron chi connectivity index (χ3n) is 5.22. The molecule has 4 aliphatic carbocycles. The minimum absolute atomic E-state index is 0.149. The first-order valence-corrected chi connectivity index (χ1v) is 6.90. The molecule has 0 aliphatic heterocycles. The topological polar surface area (TPSA) is 29.5 Å². The lowest BCUT2D eigenvalue weighted by molar-refractivity contribution is -0.159. The van der Waals surface area contributed by atoms with Crippen molar-refractivity contribution in [1.29, 1.82) is 0 Å². The van der Waals surface area contributed by atoms with E-state index in [1.54, 1.807) is 14.0 Å². The number of amides is 1. The summed E-state index contributed by atoms with van der Waals surface area (Å²) in [5.41, 5.74) is 0.149. The van der Waals surface area contributed by atoms with Crippen LogP contribution in [0.5, 0.6) is 0 Å². The quantitative estimate of drug-likeness (QED) is 0.705. The molecule has 96 valence electrons. The molecule has 0 radical (unpaired) electrons. The monoisotopic (exact) mass is 237 g/mol. The van der Waals surface area contributed by atoms with E-state index >= 15 is 0 Å². The predicted octanol–water partition coefficient (Wildman–Crippen LogP) is 2.41. The summed E-state index contributed by atoms with van der Waals surface area (Å²) < 4.78 is 5.26. The first-order chi connectivity index (χ1) is 8.13. The van der Waals surface area contributed by atoms with Gasteiger partial charge in [-0.2, -0.15) is 0 Å². The number of ether oxygens (including phenoxy) is 1. The van der Waals surface area contributed by atoms with Crippen molar-refractivity contribution >= 4 is 5.91 Å². The van der Waals surface area contributed by atoms with E-state index in [1.165, 1.54) is 38.5 Å². The maximum atomic E-state index is 11.9. The highest BCUT2D eigenvalue weighted by atomic mass is 16.5. The molecule has 0 atom stereocenters. The maximum absolute atomic E-state index is 11.9. The van der Waals surface area contributed by atoms with E-state index in [0.717, 1.165) is 17.8 Å². The Labute approximate surface area is 104 Å². The molecule has 4 bridgehead atoms. The van der Waals surface area contributed by atoms with Gasteiger partial charge in [-0.3, -0.25) is 4.79 Å². The average Bonchev–Trinajstić information content (AvgIpc) is 2.23. The van der Waals surface area contributed by atoms with E-state index in [9.17, 15) is 4.79 Å². The fourth-order valence-electron chi connectivity index (χ4n) is 5.09. The molecule has 17 heavy (non-hydrogen) atoms. The van der Waals surface area contributed by atoms with Gasteiger partial charge in [0.1, 0.15) is 6.73 Å². The molecular weight excluding hydrogens is 214 g/mol. The molecule has 0 aromatic rings. The van der Waals surface area contributed by atoms with Crippen molar-refractivity contribution < 1.29 is 9.53 Å². The summed E-state index contributed by atoms with van der Waals surface area (Å²) in [4.78, 5) is 13.9. The highest BCUT2D eigenvalue weighted by molar-refractivity contribution is 5.74. The molecule has 3 nitrogen and oxygen atoms in total. The summed E-state index contributed by atoms with van der Waals surface area (Å²) >= 11 is 0. The lowest BCUT2D eigenvalue weighted by atomic mass is 9.52. The standard InChI is InChI=1S/C14H23NO2/c1-10(16)15(9-17-2)14-6-11-3-12(7-14)5-13(4-11)8-14/h11-13H,3-9H2,1-2H3. The van der Waals surface area contributed by atoms with Crippen molar-refractivity contribution in [2.75, 3.05) is 13.8 Å². The molecular formula is C14H23NO2. The van der Waals surface area contributed by atoms with Gasteiger partial charge in [0.25, 0.3) is 0 Å². The predicted molar refractivity (Wildman–Crippen MR) is 65.3 cm³/mol. The molecule has 0 heterocycles. The third kappa shape index (κ3) is 1.79. The molecule has 0 spiro atoms. The summed E-state index contributed by atoms with van der Waals surface area (Å²) in [5, 5.41) is 0. The van der Waals surface area contributed by atoms with Crippen LogP contribution < -0.4 is 0 Å². The second kappa shape index (κ2) is 3.98. The van der Waals surface area contributed by atoms with Gasteiger partial charge in [-0.15, -0.1) is 0 Å². The van der Waals surface area contributed by atoms with Crippen molar-refractivity contribution in [1.82, 2.24) is 4.90 Å². The molecule has 0 unspecified atom stereocenters. The SMILES string of the molecule is COCN(C(C)=O)C12CC3CC(CC(C3)C1)C2. The van der Waals surface area contributed by atoms with Crippen LogP contribution in [0.4, 0.5) is 0 Å². The number of carbonyl (C=O) groups is 1. The third-order valence-corrected chi connectivity index (χ3v) is 5.22. The van der Waals surface area contributed by atoms with Crippen molar-refractivity contribution in [3.63, 3.8) is 0 Å². The second-order valence-corrected chi connectivity index (χ2v) is 6.51. The molecule has 3 heteroatoms. The number of hydrogen-bond donors (Lipinski definition) is 0. The Kier molecular flexibility index (Phi) is 2.69. The van der Waals surface area contributed by atoms with Gasteiger partial charge < -0.3 is 9.64 Å². The largest absolute Gasteiger partial charge is 0.364 e. The van der Waals surface area contributed by atoms with Gasteiger partial charge in [0, 0.05) is 19.6 Å². The minimum Gasteiger partial charge on any atom is -0.364 e. The van der Waals surface area contributed by atoms with Crippen LogP contribution in [0.25, 0.3) is 0 Å². The molecule has 1 amide bonds. The number of rotatable bonds is 3. The van der Waals surface area contributed by atoms with Crippen LogP contribution in [0.3, 0.4) is 0 Å². The summed E-state index contributed by atoms with van der Waals surface area (Å²) in [7, 11) is 1.69. The molecule has 4 aliphatic rings. The number of carbonyl (C=O) groups excluding carboxylic acids is 1. The van der Waals surface area contributed by atoms with Gasteiger partial charge in [0.05, 0.1) is 0 Å². The molecule has 0 saturated heterocycles. The van der Waals surface area contributed by atoms with Gasteiger partial charge in [-0.1, -0.05) is 0 Å². The Morgan fingerprint density at radius 2 is 1.65 bits per heavy atom. The Morgan fingerprint density at radius 1 is 1.18 bits per heavy atom. The lowest BCUT2D eigenvalue weighted by Crippen LogP contribution is -2.61. The first-order valence-electron chi connectivity index (χ1n) is 6.90. The van der Waals surface area contributed by atoms with E-state index in [0.29, 0.717) is 6.73 Å². The van der Waals surface area contributed by atoms with Crippen LogP contribution in [0.15, 0.2) is 0 Å². The van der Waals surface area contributed by atoms with Crippen molar-refractivity contribution in [3.8, 4) is 0 Å². The smallest absolute Gasteiger partial charge is 0.221 e. The van der Waals surface area contributed by atoms with E-state index in [2.05, 4.69) is 0 Å². The summed E-state index contributed by atoms with van der Waals surface area (Å²) in [6.45, 7) is 2.17. The summed E-state index contributed by atoms with van der Waals surface area (Å²) in [5.74, 6) is 2.81. The van der Waals surface area contributed by atoms with E-state index < -0.39 is 0 Å².